The average Bonchev–Trinajstić information content (AvgIpc) is 2.82. The third-order valence-electron chi connectivity index (χ3n) is 2.48. The lowest BCUT2D eigenvalue weighted by molar-refractivity contribution is 0.102. The summed E-state index contributed by atoms with van der Waals surface area (Å²) in [5, 5.41) is 1.95. The number of thioether (sulfide) groups is 1. The van der Waals surface area contributed by atoms with Crippen molar-refractivity contribution in [3.63, 3.8) is 0 Å². The summed E-state index contributed by atoms with van der Waals surface area (Å²) in [6.07, 6.45) is 0. The van der Waals surface area contributed by atoms with Crippen molar-refractivity contribution in [1.82, 2.24) is 4.90 Å². The molecular weight excluding hydrogens is 238 g/mol. The van der Waals surface area contributed by atoms with E-state index in [0.29, 0.717) is 5.75 Å². The molecule has 4 heteroatoms. The molecule has 0 radical (unpaired) electrons. The van der Waals surface area contributed by atoms with Crippen molar-refractivity contribution in [2.45, 2.75) is 13.8 Å². The van der Waals surface area contributed by atoms with E-state index in [4.69, 9.17) is 0 Å². The van der Waals surface area contributed by atoms with Crippen LogP contribution < -0.4 is 0 Å². The molecule has 0 spiro atoms. The minimum atomic E-state index is 0.263. The molecule has 16 heavy (non-hydrogen) atoms. The SMILES string of the molecule is CCN(CC)CCSCC(=O)c1cccs1. The summed E-state index contributed by atoms with van der Waals surface area (Å²) >= 11 is 3.27. The molecule has 1 aromatic rings. The van der Waals surface area contributed by atoms with Crippen LogP contribution in [-0.2, 0) is 0 Å². The molecule has 90 valence electrons. The lowest BCUT2D eigenvalue weighted by Gasteiger charge is -2.16. The highest BCUT2D eigenvalue weighted by atomic mass is 32.2. The Morgan fingerprint density at radius 2 is 2.19 bits per heavy atom. The molecule has 0 atom stereocenters. The second kappa shape index (κ2) is 7.87. The molecule has 0 saturated carbocycles. The standard InChI is InChI=1S/C12H19NOS2/c1-3-13(4-2)7-9-15-10-11(14)12-6-5-8-16-12/h5-6,8H,3-4,7,9-10H2,1-2H3. The third kappa shape index (κ3) is 4.68. The Morgan fingerprint density at radius 3 is 2.75 bits per heavy atom. The van der Waals surface area contributed by atoms with Crippen molar-refractivity contribution in [2.75, 3.05) is 31.1 Å². The van der Waals surface area contributed by atoms with E-state index in [1.165, 1.54) is 11.3 Å². The molecule has 1 aromatic heterocycles. The zero-order valence-corrected chi connectivity index (χ0v) is 11.6. The summed E-state index contributed by atoms with van der Waals surface area (Å²) in [4.78, 5) is 14.9. The molecule has 0 unspecified atom stereocenters. The second-order valence-corrected chi connectivity index (χ2v) is 5.53. The Kier molecular flexibility index (Phi) is 6.76. The monoisotopic (exact) mass is 257 g/mol. The molecule has 0 aliphatic rings. The maximum atomic E-state index is 11.7. The number of carbonyl (C=O) groups excluding carboxylic acids is 1. The minimum Gasteiger partial charge on any atom is -0.303 e. The number of Topliss-reactive ketones (excluding diaryl/α,β-unsaturated/α-hetero) is 1. The topological polar surface area (TPSA) is 20.3 Å². The predicted molar refractivity (Wildman–Crippen MR) is 73.8 cm³/mol. The van der Waals surface area contributed by atoms with Gasteiger partial charge >= 0.3 is 0 Å². The number of carbonyl (C=O) groups is 1. The van der Waals surface area contributed by atoms with Gasteiger partial charge in [0, 0.05) is 12.3 Å². The van der Waals surface area contributed by atoms with E-state index >= 15 is 0 Å². The Balaban J connectivity index is 2.14. The number of hydrogen-bond donors (Lipinski definition) is 0. The van der Waals surface area contributed by atoms with Gasteiger partial charge in [-0.3, -0.25) is 4.79 Å². The fourth-order valence-electron chi connectivity index (χ4n) is 1.41. The lowest BCUT2D eigenvalue weighted by atomic mass is 10.4. The van der Waals surface area contributed by atoms with Gasteiger partial charge in [-0.15, -0.1) is 11.3 Å². The number of thiophene rings is 1. The Hall–Kier alpha value is -0.320. The first-order valence-electron chi connectivity index (χ1n) is 5.64. The second-order valence-electron chi connectivity index (χ2n) is 3.48. The summed E-state index contributed by atoms with van der Waals surface area (Å²) in [7, 11) is 0. The van der Waals surface area contributed by atoms with Crippen LogP contribution in [0, 0.1) is 0 Å². The van der Waals surface area contributed by atoms with Crippen LogP contribution in [0.2, 0.25) is 0 Å². The van der Waals surface area contributed by atoms with Crippen molar-refractivity contribution in [2.24, 2.45) is 0 Å². The summed E-state index contributed by atoms with van der Waals surface area (Å²) in [5.41, 5.74) is 0. The van der Waals surface area contributed by atoms with Crippen molar-refractivity contribution in [3.8, 4) is 0 Å². The molecule has 0 N–H and O–H groups in total. The molecular formula is C12H19NOS2. The van der Waals surface area contributed by atoms with Gasteiger partial charge in [0.05, 0.1) is 10.6 Å². The molecule has 0 saturated heterocycles. The first kappa shape index (κ1) is 13.7. The van der Waals surface area contributed by atoms with Gasteiger partial charge in [0.25, 0.3) is 0 Å². The molecule has 1 heterocycles. The van der Waals surface area contributed by atoms with E-state index in [0.717, 1.165) is 30.3 Å². The van der Waals surface area contributed by atoms with Crippen molar-refractivity contribution in [3.05, 3.63) is 22.4 Å². The zero-order valence-electron chi connectivity index (χ0n) is 9.94. The molecule has 2 nitrogen and oxygen atoms in total. The fourth-order valence-corrected chi connectivity index (χ4v) is 3.04. The van der Waals surface area contributed by atoms with Crippen LogP contribution in [0.5, 0.6) is 0 Å². The van der Waals surface area contributed by atoms with E-state index in [9.17, 15) is 4.79 Å². The van der Waals surface area contributed by atoms with Gasteiger partial charge in [-0.1, -0.05) is 19.9 Å². The molecule has 1 rings (SSSR count). The van der Waals surface area contributed by atoms with E-state index in [1.54, 1.807) is 11.8 Å². The van der Waals surface area contributed by atoms with Gasteiger partial charge in [0.2, 0.25) is 0 Å². The van der Waals surface area contributed by atoms with Crippen LogP contribution in [0.4, 0.5) is 0 Å². The van der Waals surface area contributed by atoms with Crippen LogP contribution >= 0.6 is 23.1 Å². The highest BCUT2D eigenvalue weighted by Gasteiger charge is 2.06. The Bertz CT molecular complexity index is 294. The maximum Gasteiger partial charge on any atom is 0.182 e. The summed E-state index contributed by atoms with van der Waals surface area (Å²) in [5.74, 6) is 1.92. The van der Waals surface area contributed by atoms with Crippen molar-refractivity contribution >= 4 is 28.9 Å². The number of nitrogens with zero attached hydrogens (tertiary/aromatic N) is 1. The predicted octanol–water partition coefficient (Wildman–Crippen LogP) is 3.01. The van der Waals surface area contributed by atoms with Gasteiger partial charge in [0.1, 0.15) is 0 Å². The van der Waals surface area contributed by atoms with Crippen LogP contribution in [0.15, 0.2) is 17.5 Å². The van der Waals surface area contributed by atoms with Crippen LogP contribution in [0.25, 0.3) is 0 Å². The van der Waals surface area contributed by atoms with E-state index in [2.05, 4.69) is 18.7 Å². The number of rotatable bonds is 8. The number of ketones is 1. The van der Waals surface area contributed by atoms with Gasteiger partial charge in [0.15, 0.2) is 5.78 Å². The minimum absolute atomic E-state index is 0.263. The summed E-state index contributed by atoms with van der Waals surface area (Å²) in [6, 6.07) is 3.83. The van der Waals surface area contributed by atoms with Gasteiger partial charge < -0.3 is 4.90 Å². The lowest BCUT2D eigenvalue weighted by Crippen LogP contribution is -2.25. The van der Waals surface area contributed by atoms with Crippen molar-refractivity contribution < 1.29 is 4.79 Å². The first-order valence-corrected chi connectivity index (χ1v) is 7.68. The van der Waals surface area contributed by atoms with Crippen molar-refractivity contribution in [1.29, 1.82) is 0 Å². The number of hydrogen-bond acceptors (Lipinski definition) is 4. The van der Waals surface area contributed by atoms with Crippen LogP contribution in [-0.4, -0.2) is 41.8 Å². The Labute approximate surface area is 106 Å². The fraction of sp³-hybridized carbons (Fsp3) is 0.583. The molecule has 0 aliphatic heterocycles. The van der Waals surface area contributed by atoms with E-state index in [1.807, 2.05) is 17.5 Å². The highest BCUT2D eigenvalue weighted by molar-refractivity contribution is 8.00. The van der Waals surface area contributed by atoms with Gasteiger partial charge in [-0.2, -0.15) is 11.8 Å². The average molecular weight is 257 g/mol. The first-order chi connectivity index (χ1) is 7.77. The quantitative estimate of drug-likeness (QED) is 0.527. The zero-order chi connectivity index (χ0) is 11.8. The molecule has 0 bridgehead atoms. The van der Waals surface area contributed by atoms with E-state index < -0.39 is 0 Å². The van der Waals surface area contributed by atoms with Gasteiger partial charge in [-0.05, 0) is 24.5 Å². The Morgan fingerprint density at radius 1 is 1.44 bits per heavy atom. The molecule has 0 fully saturated rings. The van der Waals surface area contributed by atoms with Crippen LogP contribution in [0.3, 0.4) is 0 Å². The molecule has 0 aromatic carbocycles. The van der Waals surface area contributed by atoms with Gasteiger partial charge in [-0.25, -0.2) is 0 Å². The smallest absolute Gasteiger partial charge is 0.182 e. The highest BCUT2D eigenvalue weighted by Crippen LogP contribution is 2.12. The summed E-state index contributed by atoms with van der Waals surface area (Å²) in [6.45, 7) is 7.61. The largest absolute Gasteiger partial charge is 0.303 e. The molecule has 0 aliphatic carbocycles. The van der Waals surface area contributed by atoms with Crippen LogP contribution in [0.1, 0.15) is 23.5 Å². The maximum absolute atomic E-state index is 11.7. The van der Waals surface area contributed by atoms with E-state index in [-0.39, 0.29) is 5.78 Å². The third-order valence-corrected chi connectivity index (χ3v) is 4.32. The summed E-state index contributed by atoms with van der Waals surface area (Å²) < 4.78 is 0. The molecule has 0 amide bonds. The normalized spacial score (nSPS) is 10.9.